The molecule has 0 aliphatic rings. The predicted molar refractivity (Wildman–Crippen MR) is 76.5 cm³/mol. The van der Waals surface area contributed by atoms with Gasteiger partial charge in [-0.1, -0.05) is 43.6 Å². The maximum Gasteiger partial charge on any atom is 0.318 e. The Morgan fingerprint density at radius 3 is 2.78 bits per heavy atom. The number of rotatable bonds is 5. The van der Waals surface area contributed by atoms with Crippen molar-refractivity contribution < 1.29 is 4.79 Å². The summed E-state index contributed by atoms with van der Waals surface area (Å²) in [6.07, 6.45) is 4.33. The average Bonchev–Trinajstić information content (AvgIpc) is 2.31. The van der Waals surface area contributed by atoms with Gasteiger partial charge in [0.15, 0.2) is 0 Å². The SMILES string of the molecule is CC(C)CCNC(=O)N/C=C/c1ccccc1Cl. The molecule has 2 amide bonds. The molecule has 1 rings (SSSR count). The average molecular weight is 267 g/mol. The molecule has 2 N–H and O–H groups in total. The van der Waals surface area contributed by atoms with E-state index in [1.165, 1.54) is 0 Å². The first kappa shape index (κ1) is 14.6. The Balaban J connectivity index is 2.32. The number of carbonyl (C=O) groups excluding carboxylic acids is 1. The van der Waals surface area contributed by atoms with Crippen molar-refractivity contribution in [1.29, 1.82) is 0 Å². The Bertz CT molecular complexity index is 416. The van der Waals surface area contributed by atoms with E-state index in [0.717, 1.165) is 12.0 Å². The molecular weight excluding hydrogens is 248 g/mol. The zero-order valence-corrected chi connectivity index (χ0v) is 11.5. The van der Waals surface area contributed by atoms with Crippen LogP contribution < -0.4 is 10.6 Å². The summed E-state index contributed by atoms with van der Waals surface area (Å²) in [5, 5.41) is 6.09. The first-order valence-electron chi connectivity index (χ1n) is 6.05. The minimum Gasteiger partial charge on any atom is -0.338 e. The summed E-state index contributed by atoms with van der Waals surface area (Å²) >= 11 is 5.98. The Labute approximate surface area is 113 Å². The minimum absolute atomic E-state index is 0.195. The van der Waals surface area contributed by atoms with Gasteiger partial charge in [-0.25, -0.2) is 4.79 Å². The maximum absolute atomic E-state index is 11.4. The fourth-order valence-electron chi connectivity index (χ4n) is 1.34. The third-order valence-electron chi connectivity index (χ3n) is 2.39. The Hall–Kier alpha value is -1.48. The van der Waals surface area contributed by atoms with Crippen LogP contribution in [0.15, 0.2) is 30.5 Å². The maximum atomic E-state index is 11.4. The summed E-state index contributed by atoms with van der Waals surface area (Å²) in [4.78, 5) is 11.4. The van der Waals surface area contributed by atoms with Crippen LogP contribution in [-0.2, 0) is 0 Å². The van der Waals surface area contributed by atoms with Crippen LogP contribution in [0, 0.1) is 5.92 Å². The fraction of sp³-hybridized carbons (Fsp3) is 0.357. The van der Waals surface area contributed by atoms with Gasteiger partial charge in [0.2, 0.25) is 0 Å². The highest BCUT2D eigenvalue weighted by molar-refractivity contribution is 6.32. The zero-order valence-electron chi connectivity index (χ0n) is 10.7. The molecule has 0 bridgehead atoms. The zero-order chi connectivity index (χ0) is 13.4. The standard InChI is InChI=1S/C14H19ClN2O/c1-11(2)7-9-16-14(18)17-10-8-12-5-3-4-6-13(12)15/h3-6,8,10-11H,7,9H2,1-2H3,(H2,16,17,18)/b10-8+. The van der Waals surface area contributed by atoms with Crippen LogP contribution in [-0.4, -0.2) is 12.6 Å². The van der Waals surface area contributed by atoms with Gasteiger partial charge in [0.1, 0.15) is 0 Å². The summed E-state index contributed by atoms with van der Waals surface area (Å²) in [6, 6.07) is 7.26. The van der Waals surface area contributed by atoms with Crippen LogP contribution >= 0.6 is 11.6 Å². The smallest absolute Gasteiger partial charge is 0.318 e. The molecule has 98 valence electrons. The fourth-order valence-corrected chi connectivity index (χ4v) is 1.54. The molecule has 0 heterocycles. The Morgan fingerprint density at radius 2 is 2.11 bits per heavy atom. The normalized spacial score (nSPS) is 10.9. The molecule has 18 heavy (non-hydrogen) atoms. The van der Waals surface area contributed by atoms with E-state index in [0.29, 0.717) is 17.5 Å². The molecule has 0 saturated carbocycles. The molecule has 0 spiro atoms. The molecule has 0 aromatic heterocycles. The van der Waals surface area contributed by atoms with Crippen molar-refractivity contribution in [3.63, 3.8) is 0 Å². The van der Waals surface area contributed by atoms with Gasteiger partial charge in [-0.05, 0) is 30.0 Å². The highest BCUT2D eigenvalue weighted by Crippen LogP contribution is 2.15. The third-order valence-corrected chi connectivity index (χ3v) is 2.73. The van der Waals surface area contributed by atoms with Gasteiger partial charge in [0, 0.05) is 17.8 Å². The van der Waals surface area contributed by atoms with Crippen LogP contribution in [0.4, 0.5) is 4.79 Å². The highest BCUT2D eigenvalue weighted by Gasteiger charge is 1.98. The Morgan fingerprint density at radius 1 is 1.39 bits per heavy atom. The van der Waals surface area contributed by atoms with Crippen molar-refractivity contribution in [2.75, 3.05) is 6.54 Å². The van der Waals surface area contributed by atoms with Crippen molar-refractivity contribution in [2.24, 2.45) is 5.92 Å². The lowest BCUT2D eigenvalue weighted by Gasteiger charge is -2.06. The molecule has 0 atom stereocenters. The molecule has 3 nitrogen and oxygen atoms in total. The monoisotopic (exact) mass is 266 g/mol. The molecule has 1 aromatic carbocycles. The summed E-state index contributed by atoms with van der Waals surface area (Å²) < 4.78 is 0. The second-order valence-corrected chi connectivity index (χ2v) is 4.84. The van der Waals surface area contributed by atoms with Crippen LogP contribution in [0.25, 0.3) is 6.08 Å². The number of hydrogen-bond acceptors (Lipinski definition) is 1. The van der Waals surface area contributed by atoms with Crippen molar-refractivity contribution in [3.05, 3.63) is 41.1 Å². The van der Waals surface area contributed by atoms with Gasteiger partial charge in [0.05, 0.1) is 0 Å². The van der Waals surface area contributed by atoms with E-state index in [-0.39, 0.29) is 6.03 Å². The van der Waals surface area contributed by atoms with Crippen LogP contribution in [0.1, 0.15) is 25.8 Å². The number of nitrogens with one attached hydrogen (secondary N) is 2. The summed E-state index contributed by atoms with van der Waals surface area (Å²) in [7, 11) is 0. The lowest BCUT2D eigenvalue weighted by molar-refractivity contribution is 0.243. The van der Waals surface area contributed by atoms with Crippen molar-refractivity contribution in [1.82, 2.24) is 10.6 Å². The number of benzene rings is 1. The van der Waals surface area contributed by atoms with E-state index in [9.17, 15) is 4.79 Å². The minimum atomic E-state index is -0.195. The second kappa shape index (κ2) is 7.77. The number of halogens is 1. The summed E-state index contributed by atoms with van der Waals surface area (Å²) in [6.45, 7) is 4.93. The lowest BCUT2D eigenvalue weighted by atomic mass is 10.1. The van der Waals surface area contributed by atoms with E-state index in [1.54, 1.807) is 12.3 Å². The van der Waals surface area contributed by atoms with E-state index < -0.39 is 0 Å². The molecule has 0 aliphatic carbocycles. The molecule has 0 fully saturated rings. The lowest BCUT2D eigenvalue weighted by Crippen LogP contribution is -2.33. The highest BCUT2D eigenvalue weighted by atomic mass is 35.5. The second-order valence-electron chi connectivity index (χ2n) is 4.44. The van der Waals surface area contributed by atoms with Gasteiger partial charge in [-0.15, -0.1) is 0 Å². The van der Waals surface area contributed by atoms with E-state index in [2.05, 4.69) is 24.5 Å². The van der Waals surface area contributed by atoms with Gasteiger partial charge in [-0.3, -0.25) is 0 Å². The molecular formula is C14H19ClN2O. The quantitative estimate of drug-likeness (QED) is 0.839. The van der Waals surface area contributed by atoms with E-state index in [1.807, 2.05) is 24.3 Å². The summed E-state index contributed by atoms with van der Waals surface area (Å²) in [5.41, 5.74) is 0.877. The topological polar surface area (TPSA) is 41.1 Å². The number of amides is 2. The van der Waals surface area contributed by atoms with Crippen molar-refractivity contribution >= 4 is 23.7 Å². The predicted octanol–water partition coefficient (Wildman–Crippen LogP) is 3.66. The van der Waals surface area contributed by atoms with E-state index in [4.69, 9.17) is 11.6 Å². The molecule has 0 radical (unpaired) electrons. The third kappa shape index (κ3) is 5.73. The number of carbonyl (C=O) groups is 1. The van der Waals surface area contributed by atoms with E-state index >= 15 is 0 Å². The number of urea groups is 1. The van der Waals surface area contributed by atoms with Gasteiger partial charge in [-0.2, -0.15) is 0 Å². The van der Waals surface area contributed by atoms with Crippen molar-refractivity contribution in [3.8, 4) is 0 Å². The van der Waals surface area contributed by atoms with Crippen LogP contribution in [0.2, 0.25) is 5.02 Å². The number of hydrogen-bond donors (Lipinski definition) is 2. The molecule has 0 unspecified atom stereocenters. The molecule has 4 heteroatoms. The summed E-state index contributed by atoms with van der Waals surface area (Å²) in [5.74, 6) is 0.587. The molecule has 0 saturated heterocycles. The van der Waals surface area contributed by atoms with Crippen LogP contribution in [0.3, 0.4) is 0 Å². The first-order valence-corrected chi connectivity index (χ1v) is 6.43. The van der Waals surface area contributed by atoms with Gasteiger partial charge < -0.3 is 10.6 Å². The largest absolute Gasteiger partial charge is 0.338 e. The Kier molecular flexibility index (Phi) is 6.29. The molecule has 0 aliphatic heterocycles. The van der Waals surface area contributed by atoms with Gasteiger partial charge in [0.25, 0.3) is 0 Å². The van der Waals surface area contributed by atoms with Gasteiger partial charge >= 0.3 is 6.03 Å². The first-order chi connectivity index (χ1) is 8.59. The van der Waals surface area contributed by atoms with Crippen LogP contribution in [0.5, 0.6) is 0 Å². The molecule has 1 aromatic rings. The van der Waals surface area contributed by atoms with Crippen molar-refractivity contribution in [2.45, 2.75) is 20.3 Å².